The molecule has 4 rings (SSSR count). The molecule has 1 aromatic carbocycles. The van der Waals surface area contributed by atoms with Crippen LogP contribution >= 0.6 is 0 Å². The van der Waals surface area contributed by atoms with E-state index in [0.717, 1.165) is 49.5 Å². The van der Waals surface area contributed by atoms with Crippen molar-refractivity contribution < 1.29 is 14.3 Å². The number of morpholine rings is 1. The highest BCUT2D eigenvalue weighted by molar-refractivity contribution is 5.94. The van der Waals surface area contributed by atoms with Gasteiger partial charge in [0.15, 0.2) is 0 Å². The monoisotopic (exact) mass is 385 g/mol. The lowest BCUT2D eigenvalue weighted by atomic mass is 9.86. The number of likely N-dealkylation sites (N-methyl/N-ethyl adjacent to an activating group) is 1. The van der Waals surface area contributed by atoms with Crippen molar-refractivity contribution in [3.8, 4) is 0 Å². The summed E-state index contributed by atoms with van der Waals surface area (Å²) in [6.45, 7) is 3.38. The van der Waals surface area contributed by atoms with E-state index in [0.29, 0.717) is 12.3 Å². The molecular weight excluding hydrogens is 354 g/mol. The molecule has 1 saturated heterocycles. The number of hydrogen-bond acceptors (Lipinski definition) is 4. The molecule has 0 aromatic heterocycles. The summed E-state index contributed by atoms with van der Waals surface area (Å²) in [4.78, 5) is 28.7. The predicted octanol–water partition coefficient (Wildman–Crippen LogP) is 2.75. The number of nitrogens with one attached hydrogen (secondary N) is 1. The minimum atomic E-state index is -0.150. The van der Waals surface area contributed by atoms with E-state index in [4.69, 9.17) is 4.74 Å². The lowest BCUT2D eigenvalue weighted by Crippen LogP contribution is -2.36. The standard InChI is InChI=1S/C22H31N3O3/c1-24(22(27)14-18-13-16-2-3-17(18)12-16)15-21(26)23-19-4-6-20(7-5-19)25-8-10-28-11-9-25/h4-7,16-18H,2-3,8-15H2,1H3,(H,23,26)/t16-,17-,18+/m1/s1. The molecule has 0 radical (unpaired) electrons. The van der Waals surface area contributed by atoms with Crippen molar-refractivity contribution in [2.45, 2.75) is 32.1 Å². The SMILES string of the molecule is CN(CC(=O)Nc1ccc(N2CCOCC2)cc1)C(=O)C[C@@H]1C[C@@H]2CC[C@@H]1C2. The summed E-state index contributed by atoms with van der Waals surface area (Å²) in [5.74, 6) is 2.06. The number of hydrogen-bond donors (Lipinski definition) is 1. The van der Waals surface area contributed by atoms with Gasteiger partial charge in [0.2, 0.25) is 11.8 Å². The first kappa shape index (κ1) is 19.2. The van der Waals surface area contributed by atoms with Gasteiger partial charge >= 0.3 is 0 Å². The van der Waals surface area contributed by atoms with Gasteiger partial charge in [-0.05, 0) is 61.3 Å². The average Bonchev–Trinajstić information content (AvgIpc) is 3.32. The molecule has 2 bridgehead atoms. The first-order valence-electron chi connectivity index (χ1n) is 10.5. The number of ether oxygens (including phenoxy) is 1. The predicted molar refractivity (Wildman–Crippen MR) is 109 cm³/mol. The lowest BCUT2D eigenvalue weighted by molar-refractivity contribution is -0.134. The van der Waals surface area contributed by atoms with Crippen LogP contribution in [0.5, 0.6) is 0 Å². The summed E-state index contributed by atoms with van der Waals surface area (Å²) in [5, 5.41) is 2.90. The first-order valence-corrected chi connectivity index (χ1v) is 10.5. The Kier molecular flexibility index (Phi) is 5.85. The highest BCUT2D eigenvalue weighted by Crippen LogP contribution is 2.49. The maximum absolute atomic E-state index is 12.5. The fraction of sp³-hybridized carbons (Fsp3) is 0.636. The molecule has 3 aliphatic rings. The zero-order chi connectivity index (χ0) is 19.5. The molecule has 2 aliphatic carbocycles. The Balaban J connectivity index is 1.23. The van der Waals surface area contributed by atoms with E-state index < -0.39 is 0 Å². The fourth-order valence-electron chi connectivity index (χ4n) is 5.09. The van der Waals surface area contributed by atoms with Gasteiger partial charge in [-0.3, -0.25) is 9.59 Å². The topological polar surface area (TPSA) is 61.9 Å². The zero-order valence-corrected chi connectivity index (χ0v) is 16.7. The van der Waals surface area contributed by atoms with Gasteiger partial charge in [0.05, 0.1) is 19.8 Å². The van der Waals surface area contributed by atoms with Gasteiger partial charge in [-0.2, -0.15) is 0 Å². The Morgan fingerprint density at radius 1 is 1.14 bits per heavy atom. The van der Waals surface area contributed by atoms with Crippen molar-refractivity contribution in [1.82, 2.24) is 4.90 Å². The molecule has 6 heteroatoms. The molecule has 1 heterocycles. The minimum absolute atomic E-state index is 0.0929. The Morgan fingerprint density at radius 3 is 2.54 bits per heavy atom. The van der Waals surface area contributed by atoms with Gasteiger partial charge in [0.25, 0.3) is 0 Å². The number of amides is 2. The maximum atomic E-state index is 12.5. The normalized spacial score (nSPS) is 26.3. The second kappa shape index (κ2) is 8.52. The van der Waals surface area contributed by atoms with Crippen LogP contribution in [0.3, 0.4) is 0 Å². The first-order chi connectivity index (χ1) is 13.6. The third kappa shape index (κ3) is 4.49. The highest BCUT2D eigenvalue weighted by Gasteiger charge is 2.40. The molecule has 1 aromatic rings. The van der Waals surface area contributed by atoms with Crippen LogP contribution in [-0.4, -0.2) is 56.6 Å². The molecule has 1 N–H and O–H groups in total. The van der Waals surface area contributed by atoms with Crippen LogP contribution in [0.25, 0.3) is 0 Å². The van der Waals surface area contributed by atoms with Crippen LogP contribution in [0.15, 0.2) is 24.3 Å². The van der Waals surface area contributed by atoms with Crippen molar-refractivity contribution in [2.24, 2.45) is 17.8 Å². The van der Waals surface area contributed by atoms with Gasteiger partial charge in [-0.25, -0.2) is 0 Å². The van der Waals surface area contributed by atoms with Crippen LogP contribution in [0.2, 0.25) is 0 Å². The summed E-state index contributed by atoms with van der Waals surface area (Å²) in [5.41, 5.74) is 1.90. The van der Waals surface area contributed by atoms with Crippen LogP contribution in [0.4, 0.5) is 11.4 Å². The fourth-order valence-corrected chi connectivity index (χ4v) is 5.09. The molecule has 28 heavy (non-hydrogen) atoms. The number of fused-ring (bicyclic) bond motifs is 2. The molecular formula is C22H31N3O3. The maximum Gasteiger partial charge on any atom is 0.243 e. The third-order valence-electron chi connectivity index (χ3n) is 6.66. The molecule has 0 spiro atoms. The molecule has 1 aliphatic heterocycles. The van der Waals surface area contributed by atoms with E-state index in [1.165, 1.54) is 25.7 Å². The number of anilines is 2. The van der Waals surface area contributed by atoms with Gasteiger partial charge < -0.3 is 19.9 Å². The van der Waals surface area contributed by atoms with Crippen LogP contribution in [0, 0.1) is 17.8 Å². The van der Waals surface area contributed by atoms with Crippen LogP contribution < -0.4 is 10.2 Å². The van der Waals surface area contributed by atoms with Gasteiger partial charge in [0, 0.05) is 37.9 Å². The summed E-state index contributed by atoms with van der Waals surface area (Å²) in [6.07, 6.45) is 5.74. The molecule has 6 nitrogen and oxygen atoms in total. The summed E-state index contributed by atoms with van der Waals surface area (Å²) >= 11 is 0. The Bertz CT molecular complexity index is 699. The van der Waals surface area contributed by atoms with Crippen molar-refractivity contribution >= 4 is 23.2 Å². The molecule has 2 amide bonds. The van der Waals surface area contributed by atoms with E-state index in [2.05, 4.69) is 10.2 Å². The molecule has 2 saturated carbocycles. The lowest BCUT2D eigenvalue weighted by Gasteiger charge is -2.29. The van der Waals surface area contributed by atoms with E-state index >= 15 is 0 Å². The number of rotatable bonds is 6. The van der Waals surface area contributed by atoms with E-state index in [-0.39, 0.29) is 18.4 Å². The van der Waals surface area contributed by atoms with Crippen LogP contribution in [0.1, 0.15) is 32.1 Å². The number of nitrogens with zero attached hydrogens (tertiary/aromatic N) is 2. The number of carbonyl (C=O) groups is 2. The highest BCUT2D eigenvalue weighted by atomic mass is 16.5. The summed E-state index contributed by atoms with van der Waals surface area (Å²) in [7, 11) is 1.73. The number of benzene rings is 1. The van der Waals surface area contributed by atoms with Crippen molar-refractivity contribution in [3.05, 3.63) is 24.3 Å². The molecule has 3 fully saturated rings. The Labute approximate surface area is 167 Å². The molecule has 3 atom stereocenters. The number of carbonyl (C=O) groups excluding carboxylic acids is 2. The minimum Gasteiger partial charge on any atom is -0.378 e. The van der Waals surface area contributed by atoms with Crippen LogP contribution in [-0.2, 0) is 14.3 Å². The smallest absolute Gasteiger partial charge is 0.243 e. The molecule has 152 valence electrons. The van der Waals surface area contributed by atoms with Gasteiger partial charge in [-0.1, -0.05) is 6.42 Å². The van der Waals surface area contributed by atoms with Crippen molar-refractivity contribution in [2.75, 3.05) is 50.1 Å². The van der Waals surface area contributed by atoms with E-state index in [1.54, 1.807) is 11.9 Å². The summed E-state index contributed by atoms with van der Waals surface area (Å²) in [6, 6.07) is 7.87. The van der Waals surface area contributed by atoms with Gasteiger partial charge in [0.1, 0.15) is 0 Å². The van der Waals surface area contributed by atoms with Crippen molar-refractivity contribution in [3.63, 3.8) is 0 Å². The second-order valence-corrected chi connectivity index (χ2v) is 8.58. The Morgan fingerprint density at radius 2 is 1.89 bits per heavy atom. The average molecular weight is 386 g/mol. The van der Waals surface area contributed by atoms with Gasteiger partial charge in [-0.15, -0.1) is 0 Å². The largest absolute Gasteiger partial charge is 0.378 e. The zero-order valence-electron chi connectivity index (χ0n) is 16.7. The van der Waals surface area contributed by atoms with E-state index in [1.807, 2.05) is 24.3 Å². The third-order valence-corrected chi connectivity index (χ3v) is 6.66. The van der Waals surface area contributed by atoms with Crippen molar-refractivity contribution in [1.29, 1.82) is 0 Å². The summed E-state index contributed by atoms with van der Waals surface area (Å²) < 4.78 is 5.38. The Hall–Kier alpha value is -2.08. The van der Waals surface area contributed by atoms with E-state index in [9.17, 15) is 9.59 Å². The molecule has 0 unspecified atom stereocenters. The second-order valence-electron chi connectivity index (χ2n) is 8.58. The quantitative estimate of drug-likeness (QED) is 0.818.